The molecular formula is C27H28ClN3O4. The first-order valence-corrected chi connectivity index (χ1v) is 11.6. The van der Waals surface area contributed by atoms with Crippen LogP contribution in [-0.4, -0.2) is 67.4 Å². The lowest BCUT2D eigenvalue weighted by Crippen LogP contribution is -2.49. The molecule has 0 bridgehead atoms. The van der Waals surface area contributed by atoms with Crippen LogP contribution in [0.2, 0.25) is 0 Å². The third-order valence-corrected chi connectivity index (χ3v) is 6.69. The van der Waals surface area contributed by atoms with Crippen LogP contribution in [0.25, 0.3) is 10.8 Å². The molecule has 0 saturated carbocycles. The first-order chi connectivity index (χ1) is 16.6. The summed E-state index contributed by atoms with van der Waals surface area (Å²) in [4.78, 5) is 44.2. The Bertz CT molecular complexity index is 1220. The molecule has 0 unspecified atom stereocenters. The molecule has 5 rings (SSSR count). The summed E-state index contributed by atoms with van der Waals surface area (Å²) >= 11 is 0. The summed E-state index contributed by atoms with van der Waals surface area (Å²) < 4.78 is 5.46. The maximum absolute atomic E-state index is 13.0. The van der Waals surface area contributed by atoms with Gasteiger partial charge in [-0.25, -0.2) is 0 Å². The number of benzene rings is 3. The van der Waals surface area contributed by atoms with Crippen molar-refractivity contribution in [3.63, 3.8) is 0 Å². The van der Waals surface area contributed by atoms with Crippen LogP contribution in [0.1, 0.15) is 33.6 Å². The first kappa shape index (κ1) is 24.5. The van der Waals surface area contributed by atoms with E-state index in [-0.39, 0.29) is 36.7 Å². The zero-order valence-corrected chi connectivity index (χ0v) is 20.4. The molecule has 0 radical (unpaired) electrons. The standard InChI is InChI=1S/C27H27N3O4.ClH/c1-34-23-12-3-2-11-22(23)28-15-17-29(18-16-28)24(31)13-6-14-30-26(32)20-9-4-7-19-8-5-10-21(25(19)20)27(30)33;/h2-5,7-12H,6,13-18H2,1H3;1H. The minimum atomic E-state index is -0.285. The van der Waals surface area contributed by atoms with E-state index in [1.54, 1.807) is 19.2 Å². The predicted molar refractivity (Wildman–Crippen MR) is 138 cm³/mol. The number of methoxy groups -OCH3 is 1. The van der Waals surface area contributed by atoms with Crippen LogP contribution in [0, 0.1) is 0 Å². The Morgan fingerprint density at radius 2 is 1.49 bits per heavy atom. The summed E-state index contributed by atoms with van der Waals surface area (Å²) in [7, 11) is 1.66. The molecule has 8 heteroatoms. The number of carbonyl (C=O) groups excluding carboxylic acids is 3. The molecule has 3 aromatic rings. The lowest BCUT2D eigenvalue weighted by Gasteiger charge is -2.36. The van der Waals surface area contributed by atoms with Gasteiger partial charge in [-0.05, 0) is 36.1 Å². The molecule has 2 heterocycles. The Morgan fingerprint density at radius 3 is 2.11 bits per heavy atom. The number of anilines is 1. The van der Waals surface area contributed by atoms with Crippen molar-refractivity contribution in [1.82, 2.24) is 9.80 Å². The van der Waals surface area contributed by atoms with Gasteiger partial charge < -0.3 is 14.5 Å². The summed E-state index contributed by atoms with van der Waals surface area (Å²) in [6.07, 6.45) is 0.749. The highest BCUT2D eigenvalue weighted by Gasteiger charge is 2.32. The molecule has 182 valence electrons. The Hall–Kier alpha value is -3.58. The van der Waals surface area contributed by atoms with Crippen molar-refractivity contribution in [2.75, 3.05) is 44.7 Å². The van der Waals surface area contributed by atoms with Crippen LogP contribution in [0.4, 0.5) is 5.69 Å². The quantitative estimate of drug-likeness (QED) is 0.485. The van der Waals surface area contributed by atoms with Crippen molar-refractivity contribution in [1.29, 1.82) is 0 Å². The van der Waals surface area contributed by atoms with Gasteiger partial charge in [-0.2, -0.15) is 0 Å². The fraction of sp³-hybridized carbons (Fsp3) is 0.296. The Morgan fingerprint density at radius 1 is 0.857 bits per heavy atom. The van der Waals surface area contributed by atoms with Crippen LogP contribution in [0.3, 0.4) is 0 Å². The average molecular weight is 494 g/mol. The smallest absolute Gasteiger partial charge is 0.261 e. The van der Waals surface area contributed by atoms with Gasteiger partial charge in [0.1, 0.15) is 5.75 Å². The van der Waals surface area contributed by atoms with Crippen molar-refractivity contribution >= 4 is 46.6 Å². The normalized spacial score (nSPS) is 15.3. The van der Waals surface area contributed by atoms with E-state index < -0.39 is 0 Å². The molecule has 0 aliphatic carbocycles. The number of nitrogens with zero attached hydrogens (tertiary/aromatic N) is 3. The van der Waals surface area contributed by atoms with E-state index in [1.165, 1.54) is 4.90 Å². The van der Waals surface area contributed by atoms with Gasteiger partial charge in [0.05, 0.1) is 12.8 Å². The summed E-state index contributed by atoms with van der Waals surface area (Å²) in [5.41, 5.74) is 2.13. The second-order valence-corrected chi connectivity index (χ2v) is 8.61. The first-order valence-electron chi connectivity index (χ1n) is 11.6. The van der Waals surface area contributed by atoms with Gasteiger partial charge in [0.2, 0.25) is 5.91 Å². The minimum Gasteiger partial charge on any atom is -0.495 e. The molecule has 35 heavy (non-hydrogen) atoms. The Balaban J connectivity index is 0.00000289. The molecular weight excluding hydrogens is 466 g/mol. The van der Waals surface area contributed by atoms with Crippen molar-refractivity contribution < 1.29 is 19.1 Å². The number of hydrogen-bond acceptors (Lipinski definition) is 5. The van der Waals surface area contributed by atoms with Crippen LogP contribution < -0.4 is 9.64 Å². The summed E-state index contributed by atoms with van der Waals surface area (Å²) in [6, 6.07) is 18.9. The molecule has 0 N–H and O–H groups in total. The van der Waals surface area contributed by atoms with Gasteiger partial charge in [-0.1, -0.05) is 36.4 Å². The van der Waals surface area contributed by atoms with E-state index in [9.17, 15) is 14.4 Å². The molecule has 2 aliphatic rings. The Labute approximate surface area is 210 Å². The van der Waals surface area contributed by atoms with E-state index in [4.69, 9.17) is 4.74 Å². The zero-order chi connectivity index (χ0) is 23.7. The monoisotopic (exact) mass is 493 g/mol. The molecule has 2 aliphatic heterocycles. The van der Waals surface area contributed by atoms with Gasteiger partial charge >= 0.3 is 0 Å². The highest BCUT2D eigenvalue weighted by molar-refractivity contribution is 6.25. The number of amides is 3. The number of hydrogen-bond donors (Lipinski definition) is 0. The highest BCUT2D eigenvalue weighted by Crippen LogP contribution is 2.30. The van der Waals surface area contributed by atoms with Gasteiger partial charge in [0, 0.05) is 55.7 Å². The molecule has 1 fully saturated rings. The topological polar surface area (TPSA) is 70.2 Å². The lowest BCUT2D eigenvalue weighted by atomic mass is 9.94. The molecule has 0 spiro atoms. The van der Waals surface area contributed by atoms with Gasteiger partial charge in [0.15, 0.2) is 0 Å². The number of carbonyl (C=O) groups is 3. The Kier molecular flexibility index (Phi) is 7.26. The van der Waals surface area contributed by atoms with E-state index >= 15 is 0 Å². The number of imide groups is 1. The number of piperazine rings is 1. The van der Waals surface area contributed by atoms with Crippen LogP contribution in [0.15, 0.2) is 60.7 Å². The van der Waals surface area contributed by atoms with E-state index in [1.807, 2.05) is 53.4 Å². The number of halogens is 1. The fourth-order valence-electron chi connectivity index (χ4n) is 4.92. The van der Waals surface area contributed by atoms with Crippen LogP contribution in [-0.2, 0) is 4.79 Å². The molecule has 1 saturated heterocycles. The maximum Gasteiger partial charge on any atom is 0.261 e. The molecule has 3 amide bonds. The molecule has 3 aromatic carbocycles. The third-order valence-electron chi connectivity index (χ3n) is 6.69. The van der Waals surface area contributed by atoms with Crippen molar-refractivity contribution in [3.05, 3.63) is 71.8 Å². The summed E-state index contributed by atoms with van der Waals surface area (Å²) in [5, 5.41) is 1.61. The highest BCUT2D eigenvalue weighted by atomic mass is 35.5. The second-order valence-electron chi connectivity index (χ2n) is 8.61. The second kappa shape index (κ2) is 10.4. The number of para-hydroxylation sites is 2. The van der Waals surface area contributed by atoms with E-state index in [0.29, 0.717) is 37.1 Å². The summed E-state index contributed by atoms with van der Waals surface area (Å²) in [5.74, 6) is 0.314. The van der Waals surface area contributed by atoms with Gasteiger partial charge in [-0.3, -0.25) is 19.3 Å². The van der Waals surface area contributed by atoms with E-state index in [0.717, 1.165) is 35.3 Å². The van der Waals surface area contributed by atoms with Gasteiger partial charge in [0.25, 0.3) is 11.8 Å². The average Bonchev–Trinajstić information content (AvgIpc) is 2.89. The van der Waals surface area contributed by atoms with Gasteiger partial charge in [-0.15, -0.1) is 12.4 Å². The lowest BCUT2D eigenvalue weighted by molar-refractivity contribution is -0.131. The van der Waals surface area contributed by atoms with Crippen LogP contribution in [0.5, 0.6) is 5.75 Å². The van der Waals surface area contributed by atoms with Crippen molar-refractivity contribution in [3.8, 4) is 5.75 Å². The van der Waals surface area contributed by atoms with E-state index in [2.05, 4.69) is 4.90 Å². The fourth-order valence-corrected chi connectivity index (χ4v) is 4.92. The zero-order valence-electron chi connectivity index (χ0n) is 19.6. The predicted octanol–water partition coefficient (Wildman–Crippen LogP) is 4.00. The third kappa shape index (κ3) is 4.56. The molecule has 7 nitrogen and oxygen atoms in total. The molecule has 0 atom stereocenters. The van der Waals surface area contributed by atoms with Crippen LogP contribution >= 0.6 is 12.4 Å². The maximum atomic E-state index is 13.0. The SMILES string of the molecule is COc1ccccc1N1CCN(C(=O)CCCN2C(=O)c3cccc4cccc(c34)C2=O)CC1.Cl. The van der Waals surface area contributed by atoms with Crippen molar-refractivity contribution in [2.45, 2.75) is 12.8 Å². The largest absolute Gasteiger partial charge is 0.495 e. The summed E-state index contributed by atoms with van der Waals surface area (Å²) in [6.45, 7) is 2.96. The number of rotatable bonds is 6. The van der Waals surface area contributed by atoms with Crippen molar-refractivity contribution in [2.24, 2.45) is 0 Å². The number of ether oxygens (including phenoxy) is 1. The minimum absolute atomic E-state index is 0. The molecule has 0 aromatic heterocycles.